The van der Waals surface area contributed by atoms with Gasteiger partial charge in [0.1, 0.15) is 6.29 Å². The quantitative estimate of drug-likeness (QED) is 0.0887. The van der Waals surface area contributed by atoms with E-state index in [1.165, 1.54) is 28.7 Å². The van der Waals surface area contributed by atoms with Crippen molar-refractivity contribution < 1.29 is 13.6 Å². The smallest absolute Gasteiger partial charge is 0.261 e. The van der Waals surface area contributed by atoms with Gasteiger partial charge in [0.2, 0.25) is 8.32 Å². The van der Waals surface area contributed by atoms with Gasteiger partial charge >= 0.3 is 0 Å². The summed E-state index contributed by atoms with van der Waals surface area (Å²) in [6.07, 6.45) is 9.64. The van der Waals surface area contributed by atoms with Crippen molar-refractivity contribution in [1.82, 2.24) is 0 Å². The first-order chi connectivity index (χ1) is 21.3. The lowest BCUT2D eigenvalue weighted by atomic mass is 9.59. The van der Waals surface area contributed by atoms with Crippen LogP contribution in [0.2, 0.25) is 21.7 Å². The number of hydrogen-bond acceptors (Lipinski definition) is 3. The number of allylic oxidation sites excluding steroid dienone is 1. The van der Waals surface area contributed by atoms with E-state index in [0.717, 1.165) is 25.7 Å². The van der Waals surface area contributed by atoms with Crippen molar-refractivity contribution in [2.24, 2.45) is 17.3 Å². The number of carbonyl (C=O) groups excluding carboxylic acids is 1. The van der Waals surface area contributed by atoms with E-state index in [2.05, 4.69) is 136 Å². The molecule has 1 fully saturated rings. The number of rotatable bonds is 14. The third kappa shape index (κ3) is 6.66. The lowest BCUT2D eigenvalue weighted by molar-refractivity contribution is -0.114. The summed E-state index contributed by atoms with van der Waals surface area (Å²) < 4.78 is 15.0. The van der Waals surface area contributed by atoms with Crippen molar-refractivity contribution in [3.05, 3.63) is 72.3 Å². The Hall–Kier alpha value is -1.80. The zero-order valence-corrected chi connectivity index (χ0v) is 32.1. The molecule has 4 rings (SSSR count). The minimum Gasteiger partial charge on any atom is -0.412 e. The van der Waals surface area contributed by atoms with Crippen LogP contribution in [-0.4, -0.2) is 35.6 Å². The molecule has 0 saturated heterocycles. The molecule has 2 aromatic carbocycles. The van der Waals surface area contributed by atoms with Gasteiger partial charge < -0.3 is 13.6 Å². The van der Waals surface area contributed by atoms with Crippen LogP contribution in [0.15, 0.2) is 72.3 Å². The van der Waals surface area contributed by atoms with Crippen LogP contribution in [0.25, 0.3) is 0 Å². The first-order valence-corrected chi connectivity index (χ1v) is 21.9. The van der Waals surface area contributed by atoms with Crippen molar-refractivity contribution in [2.75, 3.05) is 6.61 Å². The zero-order chi connectivity index (χ0) is 33.0. The summed E-state index contributed by atoms with van der Waals surface area (Å²) in [6, 6.07) is 21.9. The first-order valence-electron chi connectivity index (χ1n) is 17.8. The second-order valence-corrected chi connectivity index (χ2v) is 25.9. The number of hydrogen-bond donors (Lipinski definition) is 0. The molecular weight excluding hydrogens is 585 g/mol. The number of aldehydes is 1. The standard InChI is InChI=1S/C40H62O3Si2/c1-30(2)44(31(3)4,32(5)6)43-38-29-33(7)28-35-24-23-34(40(35,38)25-26-41)18-17-27-42-45(39(8,9)10,36-19-13-11-14-20-36)37-21-15-12-16-22-37/h11-16,19-23,26,30-33,35,38H,17-18,24-25,27-29H2,1-10H3. The SMILES string of the molecule is CC1CC2CC=C(CCCO[Si](c3ccccc3)(c3ccccc3)C(C)(C)C)C2(CC=O)C(O[Si](C(C)C)(C(C)C)C(C)C)C1. The Morgan fingerprint density at radius 2 is 1.40 bits per heavy atom. The Labute approximate surface area is 277 Å². The fourth-order valence-electron chi connectivity index (χ4n) is 9.84. The lowest BCUT2D eigenvalue weighted by Crippen LogP contribution is -2.66. The maximum Gasteiger partial charge on any atom is 0.261 e. The van der Waals surface area contributed by atoms with E-state index >= 15 is 0 Å². The van der Waals surface area contributed by atoms with Gasteiger partial charge in [-0.3, -0.25) is 0 Å². The van der Waals surface area contributed by atoms with Crippen molar-refractivity contribution in [1.29, 1.82) is 0 Å². The van der Waals surface area contributed by atoms with E-state index in [1.807, 2.05) is 0 Å². The predicted octanol–water partition coefficient (Wildman–Crippen LogP) is 9.86. The second kappa shape index (κ2) is 14.5. The highest BCUT2D eigenvalue weighted by atomic mass is 28.4. The van der Waals surface area contributed by atoms with E-state index in [-0.39, 0.29) is 16.6 Å². The van der Waals surface area contributed by atoms with Gasteiger partial charge in [-0.2, -0.15) is 0 Å². The predicted molar refractivity (Wildman–Crippen MR) is 196 cm³/mol. The summed E-state index contributed by atoms with van der Waals surface area (Å²) >= 11 is 0. The molecule has 45 heavy (non-hydrogen) atoms. The van der Waals surface area contributed by atoms with Gasteiger partial charge in [0.05, 0.1) is 6.10 Å². The van der Waals surface area contributed by atoms with E-state index in [0.29, 0.717) is 41.5 Å². The normalized spacial score (nSPS) is 24.3. The molecular formula is C40H62O3Si2. The van der Waals surface area contributed by atoms with Gasteiger partial charge in [-0.25, -0.2) is 0 Å². The molecule has 0 amide bonds. The highest BCUT2D eigenvalue weighted by Crippen LogP contribution is 2.60. The fraction of sp³-hybridized carbons (Fsp3) is 0.625. The maximum absolute atomic E-state index is 12.5. The summed E-state index contributed by atoms with van der Waals surface area (Å²) in [7, 11) is -4.71. The molecule has 4 atom stereocenters. The summed E-state index contributed by atoms with van der Waals surface area (Å²) in [5.74, 6) is 1.10. The largest absolute Gasteiger partial charge is 0.412 e. The van der Waals surface area contributed by atoms with E-state index in [1.54, 1.807) is 0 Å². The van der Waals surface area contributed by atoms with Crippen LogP contribution in [0.4, 0.5) is 0 Å². The Bertz CT molecular complexity index is 1200. The van der Waals surface area contributed by atoms with E-state index in [9.17, 15) is 4.79 Å². The highest BCUT2D eigenvalue weighted by Gasteiger charge is 2.58. The van der Waals surface area contributed by atoms with Crippen LogP contribution in [0.5, 0.6) is 0 Å². The second-order valence-electron chi connectivity index (χ2n) is 16.2. The molecule has 248 valence electrons. The summed E-state index contributed by atoms with van der Waals surface area (Å²) in [6.45, 7) is 24.5. The summed E-state index contributed by atoms with van der Waals surface area (Å²) in [4.78, 5) is 12.5. The van der Waals surface area contributed by atoms with Crippen LogP contribution in [0.3, 0.4) is 0 Å². The maximum atomic E-state index is 12.5. The molecule has 2 aliphatic carbocycles. The molecule has 0 aromatic heterocycles. The lowest BCUT2D eigenvalue weighted by Gasteiger charge is -2.54. The minimum atomic E-state index is -2.58. The minimum absolute atomic E-state index is 0.0386. The van der Waals surface area contributed by atoms with Gasteiger partial charge in [-0.05, 0) is 76.0 Å². The summed E-state index contributed by atoms with van der Waals surface area (Å²) in [5.41, 5.74) is 2.87. The third-order valence-electron chi connectivity index (χ3n) is 11.7. The van der Waals surface area contributed by atoms with Gasteiger partial charge in [-0.15, -0.1) is 0 Å². The van der Waals surface area contributed by atoms with Crippen LogP contribution in [-0.2, 0) is 13.6 Å². The Balaban J connectivity index is 1.64. The molecule has 0 aliphatic heterocycles. The molecule has 1 saturated carbocycles. The van der Waals surface area contributed by atoms with Gasteiger partial charge in [-0.1, -0.05) is 142 Å². The molecule has 0 heterocycles. The summed E-state index contributed by atoms with van der Waals surface area (Å²) in [5, 5.41) is 2.62. The average Bonchev–Trinajstić information content (AvgIpc) is 3.33. The van der Waals surface area contributed by atoms with Crippen molar-refractivity contribution in [2.45, 2.75) is 136 Å². The molecule has 4 unspecified atom stereocenters. The van der Waals surface area contributed by atoms with Gasteiger partial charge in [0, 0.05) is 18.4 Å². The zero-order valence-electron chi connectivity index (χ0n) is 30.1. The van der Waals surface area contributed by atoms with Crippen LogP contribution in [0.1, 0.15) is 108 Å². The number of carbonyl (C=O) groups is 1. The van der Waals surface area contributed by atoms with Crippen LogP contribution < -0.4 is 10.4 Å². The number of fused-ring (bicyclic) bond motifs is 1. The Morgan fingerprint density at radius 3 is 1.87 bits per heavy atom. The van der Waals surface area contributed by atoms with Crippen molar-refractivity contribution in [3.63, 3.8) is 0 Å². The van der Waals surface area contributed by atoms with Gasteiger partial charge in [0.15, 0.2) is 0 Å². The molecule has 0 N–H and O–H groups in total. The fourth-order valence-corrected chi connectivity index (χ4v) is 20.1. The molecule has 0 spiro atoms. The molecule has 5 heteroatoms. The molecule has 2 aliphatic rings. The number of benzene rings is 2. The van der Waals surface area contributed by atoms with E-state index < -0.39 is 16.6 Å². The molecule has 2 aromatic rings. The monoisotopic (exact) mass is 646 g/mol. The Morgan fingerprint density at radius 1 is 0.867 bits per heavy atom. The topological polar surface area (TPSA) is 35.5 Å². The Kier molecular flexibility index (Phi) is 11.6. The first kappa shape index (κ1) is 36.0. The molecule has 0 bridgehead atoms. The van der Waals surface area contributed by atoms with Crippen molar-refractivity contribution in [3.8, 4) is 0 Å². The molecule has 3 nitrogen and oxygen atoms in total. The molecule has 0 radical (unpaired) electrons. The highest BCUT2D eigenvalue weighted by molar-refractivity contribution is 6.99. The van der Waals surface area contributed by atoms with Crippen molar-refractivity contribution >= 4 is 33.3 Å². The third-order valence-corrected chi connectivity index (χ3v) is 22.8. The van der Waals surface area contributed by atoms with E-state index in [4.69, 9.17) is 8.85 Å². The van der Waals surface area contributed by atoms with Gasteiger partial charge in [0.25, 0.3) is 8.32 Å². The van der Waals surface area contributed by atoms with Crippen LogP contribution >= 0.6 is 0 Å². The van der Waals surface area contributed by atoms with Crippen LogP contribution in [0, 0.1) is 17.3 Å². The average molecular weight is 647 g/mol.